The van der Waals surface area contributed by atoms with Crippen molar-refractivity contribution < 1.29 is 28.0 Å². The van der Waals surface area contributed by atoms with Crippen LogP contribution in [0.4, 0.5) is 4.39 Å². The van der Waals surface area contributed by atoms with Gasteiger partial charge in [0.15, 0.2) is 11.5 Å². The van der Waals surface area contributed by atoms with E-state index in [9.17, 15) is 14.0 Å². The smallest absolute Gasteiger partial charge is 0.290 e. The number of hydrogen-bond acceptors (Lipinski definition) is 5. The maximum Gasteiger partial charge on any atom is 0.290 e. The number of thiophene rings is 1. The average Bonchev–Trinajstić information content (AvgIpc) is 3.63. The Morgan fingerprint density at radius 1 is 1.05 bits per heavy atom. The molecule has 38 heavy (non-hydrogen) atoms. The first kappa shape index (κ1) is 26.6. The van der Waals surface area contributed by atoms with Gasteiger partial charge in [-0.3, -0.25) is 9.59 Å². The van der Waals surface area contributed by atoms with Crippen LogP contribution >= 0.6 is 11.3 Å². The SMILES string of the molecule is O=C(NC1CCCCC1)[C@H](c1ccc(F)cc1)N(Cc1cccs1)C(=O)c1ccc(C[NH+]2CCOCC2)o1. The Hall–Kier alpha value is -3.01. The van der Waals surface area contributed by atoms with Crippen LogP contribution in [-0.4, -0.2) is 49.1 Å². The lowest BCUT2D eigenvalue weighted by Crippen LogP contribution is -3.12. The van der Waals surface area contributed by atoms with Gasteiger partial charge in [0.05, 0.1) is 19.8 Å². The molecule has 7 nitrogen and oxygen atoms in total. The number of rotatable bonds is 9. The number of ether oxygens (including phenoxy) is 1. The lowest BCUT2D eigenvalue weighted by molar-refractivity contribution is -0.922. The average molecular weight is 541 g/mol. The third-order valence-corrected chi connectivity index (χ3v) is 8.22. The van der Waals surface area contributed by atoms with E-state index in [4.69, 9.17) is 9.15 Å². The minimum absolute atomic E-state index is 0.0737. The number of amides is 2. The molecule has 0 radical (unpaired) electrons. The molecular weight excluding hydrogens is 505 g/mol. The zero-order valence-corrected chi connectivity index (χ0v) is 22.3. The zero-order valence-electron chi connectivity index (χ0n) is 21.5. The van der Waals surface area contributed by atoms with Crippen molar-refractivity contribution >= 4 is 23.2 Å². The topological polar surface area (TPSA) is 76.2 Å². The molecule has 0 spiro atoms. The minimum atomic E-state index is -0.925. The molecule has 1 saturated heterocycles. The summed E-state index contributed by atoms with van der Waals surface area (Å²) in [6, 6.07) is 12.4. The van der Waals surface area contributed by atoms with E-state index in [2.05, 4.69) is 5.32 Å². The van der Waals surface area contributed by atoms with E-state index in [1.54, 1.807) is 23.1 Å². The summed E-state index contributed by atoms with van der Waals surface area (Å²) >= 11 is 1.52. The van der Waals surface area contributed by atoms with Crippen LogP contribution in [0, 0.1) is 5.82 Å². The molecule has 9 heteroatoms. The number of morpholine rings is 1. The van der Waals surface area contributed by atoms with E-state index < -0.39 is 11.9 Å². The highest BCUT2D eigenvalue weighted by molar-refractivity contribution is 7.09. The highest BCUT2D eigenvalue weighted by atomic mass is 32.1. The third-order valence-electron chi connectivity index (χ3n) is 7.36. The summed E-state index contributed by atoms with van der Waals surface area (Å²) in [7, 11) is 0. The van der Waals surface area contributed by atoms with Crippen molar-refractivity contribution in [3.8, 4) is 0 Å². The highest BCUT2D eigenvalue weighted by Crippen LogP contribution is 2.29. The van der Waals surface area contributed by atoms with Crippen LogP contribution in [-0.2, 0) is 22.6 Å². The maximum absolute atomic E-state index is 14.0. The van der Waals surface area contributed by atoms with Crippen molar-refractivity contribution in [1.82, 2.24) is 10.2 Å². The van der Waals surface area contributed by atoms with Gasteiger partial charge in [-0.2, -0.15) is 0 Å². The van der Waals surface area contributed by atoms with E-state index in [0.29, 0.717) is 25.3 Å². The highest BCUT2D eigenvalue weighted by Gasteiger charge is 2.35. The van der Waals surface area contributed by atoms with Crippen molar-refractivity contribution in [2.75, 3.05) is 26.3 Å². The first-order valence-corrected chi connectivity index (χ1v) is 14.3. The third kappa shape index (κ3) is 6.70. The Morgan fingerprint density at radius 2 is 1.82 bits per heavy atom. The normalized spacial score (nSPS) is 17.7. The van der Waals surface area contributed by atoms with Gasteiger partial charge in [0.1, 0.15) is 31.5 Å². The molecule has 1 aliphatic carbocycles. The fourth-order valence-electron chi connectivity index (χ4n) is 5.31. The Morgan fingerprint density at radius 3 is 2.53 bits per heavy atom. The minimum Gasteiger partial charge on any atom is -0.450 e. The van der Waals surface area contributed by atoms with Gasteiger partial charge in [-0.05, 0) is 54.1 Å². The van der Waals surface area contributed by atoms with E-state index in [1.165, 1.54) is 34.8 Å². The van der Waals surface area contributed by atoms with Crippen molar-refractivity contribution in [1.29, 1.82) is 0 Å². The van der Waals surface area contributed by atoms with Gasteiger partial charge in [0, 0.05) is 10.9 Å². The lowest BCUT2D eigenvalue weighted by atomic mass is 9.94. The second-order valence-corrected chi connectivity index (χ2v) is 11.1. The van der Waals surface area contributed by atoms with Crippen molar-refractivity contribution in [3.63, 3.8) is 0 Å². The molecular formula is C29H35FN3O4S+. The van der Waals surface area contributed by atoms with Gasteiger partial charge in [0.25, 0.3) is 5.91 Å². The van der Waals surface area contributed by atoms with E-state index in [1.807, 2.05) is 23.6 Å². The number of quaternary nitrogens is 1. The van der Waals surface area contributed by atoms with Crippen molar-refractivity contribution in [2.45, 2.75) is 57.3 Å². The van der Waals surface area contributed by atoms with Gasteiger partial charge in [-0.25, -0.2) is 4.39 Å². The summed E-state index contributed by atoms with van der Waals surface area (Å²) in [5, 5.41) is 5.14. The molecule has 3 aromatic rings. The molecule has 0 unspecified atom stereocenters. The molecule has 1 aliphatic heterocycles. The second kappa shape index (κ2) is 12.7. The predicted molar refractivity (Wildman–Crippen MR) is 142 cm³/mol. The van der Waals surface area contributed by atoms with Crippen LogP contribution in [0.3, 0.4) is 0 Å². The Labute approximate surface area is 226 Å². The molecule has 2 amide bonds. The van der Waals surface area contributed by atoms with Crippen LogP contribution in [0.2, 0.25) is 0 Å². The van der Waals surface area contributed by atoms with E-state index in [-0.39, 0.29) is 30.2 Å². The van der Waals surface area contributed by atoms with Crippen LogP contribution < -0.4 is 10.2 Å². The summed E-state index contributed by atoms with van der Waals surface area (Å²) in [4.78, 5) is 31.7. The molecule has 1 aromatic carbocycles. The monoisotopic (exact) mass is 540 g/mol. The first-order valence-electron chi connectivity index (χ1n) is 13.5. The number of nitrogens with one attached hydrogen (secondary N) is 2. The maximum atomic E-state index is 14.0. The molecule has 3 heterocycles. The summed E-state index contributed by atoms with van der Waals surface area (Å²) in [6.07, 6.45) is 5.16. The molecule has 202 valence electrons. The van der Waals surface area contributed by atoms with Gasteiger partial charge in [-0.15, -0.1) is 11.3 Å². The van der Waals surface area contributed by atoms with E-state index >= 15 is 0 Å². The fourth-order valence-corrected chi connectivity index (χ4v) is 6.01. The molecule has 2 fully saturated rings. The van der Waals surface area contributed by atoms with Crippen LogP contribution in [0.15, 0.2) is 58.3 Å². The van der Waals surface area contributed by atoms with Crippen LogP contribution in [0.5, 0.6) is 0 Å². The second-order valence-electron chi connectivity index (χ2n) is 10.1. The van der Waals surface area contributed by atoms with Gasteiger partial charge in [0.2, 0.25) is 5.91 Å². The largest absolute Gasteiger partial charge is 0.450 e. The number of carbonyl (C=O) groups is 2. The number of benzene rings is 1. The fraction of sp³-hybridized carbons (Fsp3) is 0.448. The lowest BCUT2D eigenvalue weighted by Gasteiger charge is -2.32. The standard InChI is InChI=1S/C29H34FN3O4S/c30-22-10-8-21(9-11-22)27(28(34)31-23-5-2-1-3-6-23)33(20-25-7-4-18-38-25)29(35)26-13-12-24(37-26)19-32-14-16-36-17-15-32/h4,7-13,18,23,27H,1-3,5-6,14-17,19-20H2,(H,31,34)/p+1/t27-/m0/s1. The summed E-state index contributed by atoms with van der Waals surface area (Å²) in [5.41, 5.74) is 0.564. The summed E-state index contributed by atoms with van der Waals surface area (Å²) in [6.45, 7) is 4.12. The first-order chi connectivity index (χ1) is 18.6. The van der Waals surface area contributed by atoms with Gasteiger partial charge >= 0.3 is 0 Å². The Bertz CT molecular complexity index is 1180. The number of halogens is 1. The molecule has 1 atom stereocenters. The summed E-state index contributed by atoms with van der Waals surface area (Å²) < 4.78 is 25.3. The number of hydrogen-bond donors (Lipinski definition) is 2. The van der Waals surface area contributed by atoms with Gasteiger partial charge in [-0.1, -0.05) is 37.5 Å². The van der Waals surface area contributed by atoms with Crippen molar-refractivity contribution in [3.05, 3.63) is 81.7 Å². The zero-order chi connectivity index (χ0) is 26.3. The van der Waals surface area contributed by atoms with Gasteiger partial charge < -0.3 is 24.3 Å². The molecule has 0 bridgehead atoms. The van der Waals surface area contributed by atoms with Crippen LogP contribution in [0.25, 0.3) is 0 Å². The number of furan rings is 1. The Kier molecular flexibility index (Phi) is 8.88. The summed E-state index contributed by atoms with van der Waals surface area (Å²) in [5.74, 6) is -0.0848. The Balaban J connectivity index is 1.44. The van der Waals surface area contributed by atoms with Crippen molar-refractivity contribution in [2.24, 2.45) is 0 Å². The molecule has 5 rings (SSSR count). The molecule has 2 N–H and O–H groups in total. The van der Waals surface area contributed by atoms with Crippen LogP contribution in [0.1, 0.15) is 64.9 Å². The quantitative estimate of drug-likeness (QED) is 0.434. The molecule has 2 aliphatic rings. The van der Waals surface area contributed by atoms with E-state index in [0.717, 1.165) is 49.4 Å². The molecule has 1 saturated carbocycles. The number of carbonyl (C=O) groups excluding carboxylic acids is 2. The molecule has 2 aromatic heterocycles. The predicted octanol–water partition coefficient (Wildman–Crippen LogP) is 3.73. The number of nitrogens with zero attached hydrogens (tertiary/aromatic N) is 1.